The normalized spacial score (nSPS) is 12.0. The zero-order valence-corrected chi connectivity index (χ0v) is 9.78. The van der Waals surface area contributed by atoms with Crippen molar-refractivity contribution in [3.8, 4) is 0 Å². The van der Waals surface area contributed by atoms with Gasteiger partial charge in [0.15, 0.2) is 5.69 Å². The van der Waals surface area contributed by atoms with E-state index < -0.39 is 17.8 Å². The average molecular weight is 343 g/mol. The second-order valence-corrected chi connectivity index (χ2v) is 3.93. The summed E-state index contributed by atoms with van der Waals surface area (Å²) in [4.78, 5) is 13.4. The summed E-state index contributed by atoms with van der Waals surface area (Å²) in [5, 5.41) is 8.34. The van der Waals surface area contributed by atoms with Gasteiger partial charge in [-0.25, -0.2) is 4.79 Å². The number of nitrogens with zero attached hydrogens (tertiary/aromatic N) is 1. The van der Waals surface area contributed by atoms with E-state index >= 15 is 0 Å². The lowest BCUT2D eigenvalue weighted by molar-refractivity contribution is -0.142. The van der Waals surface area contributed by atoms with Crippen LogP contribution in [0.15, 0.2) is 18.3 Å². The number of carbonyl (C=O) groups is 1. The Morgan fingerprint density at radius 2 is 2.12 bits per heavy atom. The largest absolute Gasteiger partial charge is 0.478 e. The van der Waals surface area contributed by atoms with Crippen LogP contribution in [0.4, 0.5) is 13.2 Å². The van der Waals surface area contributed by atoms with Crippen LogP contribution in [-0.4, -0.2) is 16.1 Å². The van der Waals surface area contributed by atoms with E-state index in [1.54, 1.807) is 0 Å². The molecule has 0 atom stereocenters. The third kappa shape index (κ3) is 3.47. The van der Waals surface area contributed by atoms with Gasteiger partial charge in [-0.2, -0.15) is 13.2 Å². The summed E-state index contributed by atoms with van der Waals surface area (Å²) in [6, 6.07) is 1.22. The monoisotopic (exact) mass is 343 g/mol. The lowest BCUT2D eigenvalue weighted by Gasteiger charge is -2.07. The van der Waals surface area contributed by atoms with E-state index in [2.05, 4.69) is 4.98 Å². The quantitative estimate of drug-likeness (QED) is 0.664. The molecule has 1 rings (SSSR count). The van der Waals surface area contributed by atoms with Crippen LogP contribution >= 0.6 is 22.6 Å². The molecule has 16 heavy (non-hydrogen) atoms. The summed E-state index contributed by atoms with van der Waals surface area (Å²) in [7, 11) is 0. The van der Waals surface area contributed by atoms with Gasteiger partial charge in [0.05, 0.1) is 0 Å². The number of hydrogen-bond acceptors (Lipinski definition) is 2. The lowest BCUT2D eigenvalue weighted by Crippen LogP contribution is -2.10. The molecule has 7 heteroatoms. The van der Waals surface area contributed by atoms with Crippen LogP contribution in [0.3, 0.4) is 0 Å². The van der Waals surface area contributed by atoms with Crippen LogP contribution in [0, 0.1) is 3.57 Å². The number of aromatic nitrogens is 1. The van der Waals surface area contributed by atoms with Crippen molar-refractivity contribution in [2.75, 3.05) is 0 Å². The second-order valence-electron chi connectivity index (χ2n) is 2.77. The van der Waals surface area contributed by atoms with Crippen molar-refractivity contribution >= 4 is 34.6 Å². The van der Waals surface area contributed by atoms with Crippen molar-refractivity contribution in [3.05, 3.63) is 33.2 Å². The van der Waals surface area contributed by atoms with E-state index in [-0.39, 0.29) is 3.57 Å². The molecule has 0 unspecified atom stereocenters. The molecule has 0 saturated heterocycles. The van der Waals surface area contributed by atoms with Crippen LogP contribution < -0.4 is 0 Å². The van der Waals surface area contributed by atoms with Crippen molar-refractivity contribution in [1.29, 1.82) is 0 Å². The molecule has 0 aliphatic carbocycles. The van der Waals surface area contributed by atoms with Gasteiger partial charge in [-0.05, 0) is 40.3 Å². The minimum absolute atomic E-state index is 0.0716. The van der Waals surface area contributed by atoms with Gasteiger partial charge in [0.1, 0.15) is 0 Å². The maximum atomic E-state index is 12.3. The number of rotatable bonds is 2. The van der Waals surface area contributed by atoms with Crippen molar-refractivity contribution in [3.63, 3.8) is 0 Å². The summed E-state index contributed by atoms with van der Waals surface area (Å²) < 4.78 is 36.9. The highest BCUT2D eigenvalue weighted by molar-refractivity contribution is 14.1. The Labute approximate surface area is 102 Å². The maximum absolute atomic E-state index is 12.3. The number of hydrogen-bond donors (Lipinski definition) is 1. The van der Waals surface area contributed by atoms with Crippen LogP contribution in [0.2, 0.25) is 0 Å². The third-order valence-electron chi connectivity index (χ3n) is 1.55. The molecule has 0 fully saturated rings. The Morgan fingerprint density at radius 1 is 1.50 bits per heavy atom. The summed E-state index contributed by atoms with van der Waals surface area (Å²) in [6.45, 7) is 0. The molecule has 1 aromatic rings. The molecule has 3 nitrogen and oxygen atoms in total. The van der Waals surface area contributed by atoms with Gasteiger partial charge in [0, 0.05) is 15.8 Å². The SMILES string of the molecule is O=C(O)/C=C/c1cnc(C(F)(F)F)c(I)c1. The Hall–Kier alpha value is -1.12. The first-order valence-electron chi connectivity index (χ1n) is 3.94. The highest BCUT2D eigenvalue weighted by atomic mass is 127. The van der Waals surface area contributed by atoms with Crippen molar-refractivity contribution in [1.82, 2.24) is 4.98 Å². The van der Waals surface area contributed by atoms with Gasteiger partial charge in [-0.15, -0.1) is 0 Å². The highest BCUT2D eigenvalue weighted by Crippen LogP contribution is 2.31. The summed E-state index contributed by atoms with van der Waals surface area (Å²) in [5.74, 6) is -1.17. The topological polar surface area (TPSA) is 50.2 Å². The molecule has 0 saturated carbocycles. The number of pyridine rings is 1. The highest BCUT2D eigenvalue weighted by Gasteiger charge is 2.34. The molecule has 0 spiro atoms. The van der Waals surface area contributed by atoms with E-state index in [1.807, 2.05) is 0 Å². The van der Waals surface area contributed by atoms with Gasteiger partial charge < -0.3 is 5.11 Å². The summed E-state index contributed by atoms with van der Waals surface area (Å²) in [5.41, 5.74) is -0.666. The molecule has 0 aromatic carbocycles. The van der Waals surface area contributed by atoms with Crippen LogP contribution in [0.25, 0.3) is 6.08 Å². The molecule has 0 bridgehead atoms. The molecule has 1 aromatic heterocycles. The van der Waals surface area contributed by atoms with Crippen LogP contribution in [0.5, 0.6) is 0 Å². The molecule has 1 N–H and O–H groups in total. The Bertz CT molecular complexity index is 443. The predicted octanol–water partition coefficient (Wildman–Crippen LogP) is 2.80. The zero-order valence-electron chi connectivity index (χ0n) is 7.62. The Morgan fingerprint density at radius 3 is 2.56 bits per heavy atom. The van der Waals surface area contributed by atoms with Gasteiger partial charge >= 0.3 is 12.1 Å². The molecule has 0 radical (unpaired) electrons. The third-order valence-corrected chi connectivity index (χ3v) is 2.37. The number of carboxylic acids is 1. The van der Waals surface area contributed by atoms with E-state index in [0.29, 0.717) is 5.56 Å². The zero-order chi connectivity index (χ0) is 12.3. The summed E-state index contributed by atoms with van der Waals surface area (Å²) >= 11 is 1.50. The minimum atomic E-state index is -4.49. The maximum Gasteiger partial charge on any atom is 0.434 e. The number of carboxylic acid groups (broad SMARTS) is 1. The average Bonchev–Trinajstić information content (AvgIpc) is 2.12. The summed E-state index contributed by atoms with van der Waals surface area (Å²) in [6.07, 6.45) is -1.51. The number of halogens is 4. The molecule has 0 amide bonds. The fourth-order valence-corrected chi connectivity index (χ4v) is 1.72. The first kappa shape index (κ1) is 12.9. The molecule has 86 valence electrons. The fourth-order valence-electron chi connectivity index (χ4n) is 0.920. The van der Waals surface area contributed by atoms with E-state index in [4.69, 9.17) is 5.11 Å². The molecular formula is C9H5F3INO2. The standard InChI is InChI=1S/C9H5F3INO2/c10-9(11,12)8-6(13)3-5(4-14-8)1-2-7(15)16/h1-4H,(H,15,16)/b2-1+. The van der Waals surface area contributed by atoms with Crippen LogP contribution in [0.1, 0.15) is 11.3 Å². The number of aliphatic carboxylic acids is 1. The fraction of sp³-hybridized carbons (Fsp3) is 0.111. The van der Waals surface area contributed by atoms with Crippen LogP contribution in [-0.2, 0) is 11.0 Å². The Balaban J connectivity index is 3.05. The van der Waals surface area contributed by atoms with Crippen molar-refractivity contribution in [2.24, 2.45) is 0 Å². The van der Waals surface area contributed by atoms with Gasteiger partial charge in [-0.1, -0.05) is 0 Å². The minimum Gasteiger partial charge on any atom is -0.478 e. The molecule has 0 aliphatic rings. The first-order valence-corrected chi connectivity index (χ1v) is 5.02. The first-order chi connectivity index (χ1) is 7.30. The predicted molar refractivity (Wildman–Crippen MR) is 58.6 cm³/mol. The lowest BCUT2D eigenvalue weighted by atomic mass is 10.2. The van der Waals surface area contributed by atoms with E-state index in [9.17, 15) is 18.0 Å². The van der Waals surface area contributed by atoms with E-state index in [0.717, 1.165) is 12.3 Å². The molecular weight excluding hydrogens is 338 g/mol. The molecule has 1 heterocycles. The smallest absolute Gasteiger partial charge is 0.434 e. The van der Waals surface area contributed by atoms with Gasteiger partial charge in [-0.3, -0.25) is 4.98 Å². The Kier molecular flexibility index (Phi) is 3.89. The number of alkyl halides is 3. The molecule has 0 aliphatic heterocycles. The van der Waals surface area contributed by atoms with Crippen molar-refractivity contribution in [2.45, 2.75) is 6.18 Å². The second kappa shape index (κ2) is 4.81. The van der Waals surface area contributed by atoms with E-state index in [1.165, 1.54) is 34.7 Å². The van der Waals surface area contributed by atoms with Crippen molar-refractivity contribution < 1.29 is 23.1 Å². The van der Waals surface area contributed by atoms with Gasteiger partial charge in [0.25, 0.3) is 0 Å². The van der Waals surface area contributed by atoms with Gasteiger partial charge in [0.2, 0.25) is 0 Å².